The number of carbonyl (C=O) groups is 1. The van der Waals surface area contributed by atoms with Crippen LogP contribution < -0.4 is 10.1 Å². The van der Waals surface area contributed by atoms with Gasteiger partial charge in [-0.1, -0.05) is 54.1 Å². The third-order valence-corrected chi connectivity index (χ3v) is 5.66. The van der Waals surface area contributed by atoms with Crippen molar-refractivity contribution >= 4 is 34.4 Å². The van der Waals surface area contributed by atoms with Gasteiger partial charge in [-0.2, -0.15) is 5.26 Å². The SMILES string of the molecule is N#C/C(=C\c1c(OCc2ccc(Cl)cc2)ccc2ccccc12)C(=O)NC[C@H]1CCCO1. The van der Waals surface area contributed by atoms with Crippen LogP contribution in [0.15, 0.2) is 66.2 Å². The molecule has 0 radical (unpaired) electrons. The molecule has 1 heterocycles. The van der Waals surface area contributed by atoms with E-state index in [9.17, 15) is 10.1 Å². The number of hydrogen-bond acceptors (Lipinski definition) is 4. The summed E-state index contributed by atoms with van der Waals surface area (Å²) in [6.07, 6.45) is 3.52. The number of carbonyl (C=O) groups excluding carboxylic acids is 1. The van der Waals surface area contributed by atoms with Gasteiger partial charge < -0.3 is 14.8 Å². The Morgan fingerprint density at radius 2 is 2.00 bits per heavy atom. The predicted molar refractivity (Wildman–Crippen MR) is 125 cm³/mol. The van der Waals surface area contributed by atoms with Crippen molar-refractivity contribution in [3.05, 3.63) is 82.4 Å². The van der Waals surface area contributed by atoms with Gasteiger partial charge >= 0.3 is 0 Å². The van der Waals surface area contributed by atoms with Gasteiger partial charge in [-0.05, 0) is 53.5 Å². The number of nitrogens with one attached hydrogen (secondary N) is 1. The molecule has 0 spiro atoms. The molecule has 3 aromatic rings. The molecule has 1 atom stereocenters. The molecule has 1 fully saturated rings. The van der Waals surface area contributed by atoms with Crippen molar-refractivity contribution in [1.82, 2.24) is 5.32 Å². The highest BCUT2D eigenvalue weighted by Crippen LogP contribution is 2.31. The lowest BCUT2D eigenvalue weighted by molar-refractivity contribution is -0.117. The summed E-state index contributed by atoms with van der Waals surface area (Å²) in [5.74, 6) is 0.179. The topological polar surface area (TPSA) is 71.3 Å². The highest BCUT2D eigenvalue weighted by molar-refractivity contribution is 6.30. The summed E-state index contributed by atoms with van der Waals surface area (Å²) in [5, 5.41) is 15.1. The van der Waals surface area contributed by atoms with Gasteiger partial charge in [0.1, 0.15) is 24.0 Å². The first-order valence-electron chi connectivity index (χ1n) is 10.5. The number of ether oxygens (including phenoxy) is 2. The van der Waals surface area contributed by atoms with Crippen molar-refractivity contribution in [3.63, 3.8) is 0 Å². The molecule has 3 aromatic carbocycles. The van der Waals surface area contributed by atoms with E-state index in [1.807, 2.05) is 66.7 Å². The molecule has 0 saturated carbocycles. The molecule has 0 aromatic heterocycles. The fraction of sp³-hybridized carbons (Fsp3) is 0.231. The van der Waals surface area contributed by atoms with Crippen LogP contribution in [-0.2, 0) is 16.1 Å². The summed E-state index contributed by atoms with van der Waals surface area (Å²) in [6.45, 7) is 1.45. The Morgan fingerprint density at radius 1 is 1.19 bits per heavy atom. The second-order valence-corrected chi connectivity index (χ2v) is 8.06. The zero-order valence-corrected chi connectivity index (χ0v) is 18.3. The summed E-state index contributed by atoms with van der Waals surface area (Å²) >= 11 is 5.96. The predicted octanol–water partition coefficient (Wildman–Crippen LogP) is 5.27. The van der Waals surface area contributed by atoms with E-state index >= 15 is 0 Å². The standard InChI is InChI=1S/C26H23ClN2O3/c27-21-10-7-18(8-11-21)17-32-25-12-9-19-4-1-2-6-23(19)24(25)14-20(15-28)26(30)29-16-22-5-3-13-31-22/h1-2,4,6-12,14,22H,3,5,13,16-17H2,(H,29,30)/b20-14+/t22-/m1/s1. The van der Waals surface area contributed by atoms with Gasteiger partial charge in [0.15, 0.2) is 0 Å². The van der Waals surface area contributed by atoms with Crippen molar-refractivity contribution in [2.24, 2.45) is 0 Å². The molecule has 1 N–H and O–H groups in total. The van der Waals surface area contributed by atoms with Crippen molar-refractivity contribution in [2.75, 3.05) is 13.2 Å². The highest BCUT2D eigenvalue weighted by atomic mass is 35.5. The quantitative estimate of drug-likeness (QED) is 0.396. The summed E-state index contributed by atoms with van der Waals surface area (Å²) in [7, 11) is 0. The zero-order valence-electron chi connectivity index (χ0n) is 17.5. The molecule has 1 amide bonds. The van der Waals surface area contributed by atoms with Crippen LogP contribution in [0.1, 0.15) is 24.0 Å². The lowest BCUT2D eigenvalue weighted by Gasteiger charge is -2.13. The normalized spacial score (nSPS) is 16.0. The third kappa shape index (κ3) is 5.28. The number of nitriles is 1. The van der Waals surface area contributed by atoms with Crippen LogP contribution in [0.4, 0.5) is 0 Å². The van der Waals surface area contributed by atoms with Crippen molar-refractivity contribution in [3.8, 4) is 11.8 Å². The molecule has 1 aliphatic heterocycles. The van der Waals surface area contributed by atoms with Crippen LogP contribution in [0.5, 0.6) is 5.75 Å². The number of halogens is 1. The summed E-state index contributed by atoms with van der Waals surface area (Å²) in [5.41, 5.74) is 1.68. The van der Waals surface area contributed by atoms with Crippen LogP contribution in [0.3, 0.4) is 0 Å². The first kappa shape index (κ1) is 21.9. The Kier molecular flexibility index (Phi) is 7.06. The fourth-order valence-electron chi connectivity index (χ4n) is 3.69. The molecule has 32 heavy (non-hydrogen) atoms. The first-order valence-corrected chi connectivity index (χ1v) is 10.9. The number of rotatable bonds is 7. The van der Waals surface area contributed by atoms with Gasteiger partial charge in [0.25, 0.3) is 5.91 Å². The second kappa shape index (κ2) is 10.3. The summed E-state index contributed by atoms with van der Waals surface area (Å²) in [6, 6.07) is 21.1. The molecule has 1 aliphatic rings. The van der Waals surface area contributed by atoms with Gasteiger partial charge in [-0.15, -0.1) is 0 Å². The fourth-order valence-corrected chi connectivity index (χ4v) is 3.82. The summed E-state index contributed by atoms with van der Waals surface area (Å²) < 4.78 is 11.6. The molecule has 0 bridgehead atoms. The maximum Gasteiger partial charge on any atom is 0.262 e. The molecule has 0 aliphatic carbocycles. The van der Waals surface area contributed by atoms with Gasteiger partial charge in [0.05, 0.1) is 6.10 Å². The van der Waals surface area contributed by atoms with E-state index in [-0.39, 0.29) is 11.7 Å². The molecule has 5 nitrogen and oxygen atoms in total. The van der Waals surface area contributed by atoms with E-state index in [0.29, 0.717) is 36.1 Å². The van der Waals surface area contributed by atoms with Crippen LogP contribution in [0.25, 0.3) is 16.8 Å². The summed E-state index contributed by atoms with van der Waals surface area (Å²) in [4.78, 5) is 12.7. The van der Waals surface area contributed by atoms with Gasteiger partial charge in [-0.25, -0.2) is 0 Å². The highest BCUT2D eigenvalue weighted by Gasteiger charge is 2.18. The zero-order chi connectivity index (χ0) is 22.3. The Labute approximate surface area is 192 Å². The minimum Gasteiger partial charge on any atom is -0.488 e. The minimum atomic E-state index is -0.417. The van der Waals surface area contributed by atoms with E-state index in [4.69, 9.17) is 21.1 Å². The number of hydrogen-bond donors (Lipinski definition) is 1. The van der Waals surface area contributed by atoms with Crippen molar-refractivity contribution in [2.45, 2.75) is 25.6 Å². The molecule has 4 rings (SSSR count). The van der Waals surface area contributed by atoms with Gasteiger partial charge in [0, 0.05) is 23.7 Å². The van der Waals surface area contributed by atoms with E-state index in [2.05, 4.69) is 5.32 Å². The number of amides is 1. The maximum atomic E-state index is 12.7. The smallest absolute Gasteiger partial charge is 0.262 e. The van der Waals surface area contributed by atoms with E-state index in [1.165, 1.54) is 0 Å². The van der Waals surface area contributed by atoms with Crippen LogP contribution >= 0.6 is 11.6 Å². The first-order chi connectivity index (χ1) is 15.6. The molecule has 0 unspecified atom stereocenters. The Morgan fingerprint density at radius 3 is 2.75 bits per heavy atom. The average Bonchev–Trinajstić information content (AvgIpc) is 3.35. The Hall–Kier alpha value is -3.33. The third-order valence-electron chi connectivity index (χ3n) is 5.41. The molecular weight excluding hydrogens is 424 g/mol. The maximum absolute atomic E-state index is 12.7. The van der Waals surface area contributed by atoms with Crippen LogP contribution in [0.2, 0.25) is 5.02 Å². The Bertz CT molecular complexity index is 1180. The lowest BCUT2D eigenvalue weighted by atomic mass is 10.0. The molecule has 162 valence electrons. The van der Waals surface area contributed by atoms with Gasteiger partial charge in [-0.3, -0.25) is 4.79 Å². The van der Waals surface area contributed by atoms with E-state index < -0.39 is 5.91 Å². The number of nitrogens with zero attached hydrogens (tertiary/aromatic N) is 1. The van der Waals surface area contributed by atoms with Crippen LogP contribution in [0, 0.1) is 11.3 Å². The lowest BCUT2D eigenvalue weighted by Crippen LogP contribution is -2.32. The minimum absolute atomic E-state index is 0.00900. The van der Waals surface area contributed by atoms with Crippen molar-refractivity contribution in [1.29, 1.82) is 5.26 Å². The average molecular weight is 447 g/mol. The molecule has 1 saturated heterocycles. The largest absolute Gasteiger partial charge is 0.488 e. The number of fused-ring (bicyclic) bond motifs is 1. The van der Waals surface area contributed by atoms with E-state index in [0.717, 1.165) is 29.2 Å². The monoisotopic (exact) mass is 446 g/mol. The molecule has 6 heteroatoms. The van der Waals surface area contributed by atoms with Crippen molar-refractivity contribution < 1.29 is 14.3 Å². The van der Waals surface area contributed by atoms with E-state index in [1.54, 1.807) is 6.08 Å². The number of benzene rings is 3. The molecular formula is C26H23ClN2O3. The van der Waals surface area contributed by atoms with Crippen LogP contribution in [-0.4, -0.2) is 25.2 Å². The Balaban J connectivity index is 1.62. The second-order valence-electron chi connectivity index (χ2n) is 7.63. The van der Waals surface area contributed by atoms with Gasteiger partial charge in [0.2, 0.25) is 0 Å².